The molecule has 0 bridgehead atoms. The van der Waals surface area contributed by atoms with Crippen molar-refractivity contribution in [2.45, 2.75) is 31.8 Å². The highest BCUT2D eigenvalue weighted by Crippen LogP contribution is 2.36. The van der Waals surface area contributed by atoms with Crippen molar-refractivity contribution in [2.75, 3.05) is 0 Å². The van der Waals surface area contributed by atoms with Gasteiger partial charge in [0, 0.05) is 0 Å². The van der Waals surface area contributed by atoms with E-state index in [-0.39, 0.29) is 0 Å². The predicted octanol–water partition coefficient (Wildman–Crippen LogP) is 4.12. The number of aryl methyl sites for hydroxylation is 1. The first-order valence-electron chi connectivity index (χ1n) is 5.03. The summed E-state index contributed by atoms with van der Waals surface area (Å²) in [5.74, 6) is -0.524. The van der Waals surface area contributed by atoms with Gasteiger partial charge in [0.15, 0.2) is 0 Å². The lowest BCUT2D eigenvalue weighted by Crippen LogP contribution is -2.45. The molecule has 0 N–H and O–H groups in total. The van der Waals surface area contributed by atoms with Gasteiger partial charge in [-0.05, 0) is 24.1 Å². The zero-order chi connectivity index (χ0) is 14.0. The lowest BCUT2D eigenvalue weighted by molar-refractivity contribution is -0.304. The van der Waals surface area contributed by atoms with Gasteiger partial charge in [0.2, 0.25) is 0 Å². The molecule has 18 heavy (non-hydrogen) atoms. The molecule has 0 fully saturated rings. The first kappa shape index (κ1) is 14.7. The van der Waals surface area contributed by atoms with Crippen LogP contribution in [0.2, 0.25) is 0 Å². The third kappa shape index (κ3) is 3.54. The van der Waals surface area contributed by atoms with E-state index in [1.165, 1.54) is 12.1 Å². The van der Waals surface area contributed by atoms with E-state index in [4.69, 9.17) is 0 Å². The fraction of sp³-hybridized carbons (Fsp3) is 0.455. The van der Waals surface area contributed by atoms with Crippen molar-refractivity contribution in [3.63, 3.8) is 0 Å². The quantitative estimate of drug-likeness (QED) is 0.749. The molecule has 0 heterocycles. The molecular weight excluding hydrogens is 262 g/mol. The summed E-state index contributed by atoms with van der Waals surface area (Å²) in [6, 6.07) is 4.95. The van der Waals surface area contributed by atoms with Gasteiger partial charge in [0.25, 0.3) is 6.17 Å². The van der Waals surface area contributed by atoms with Crippen molar-refractivity contribution in [1.29, 1.82) is 0 Å². The molecule has 0 saturated carbocycles. The van der Waals surface area contributed by atoms with E-state index in [2.05, 4.69) is 4.74 Å². The van der Waals surface area contributed by atoms with Gasteiger partial charge in [-0.3, -0.25) is 0 Å². The average Bonchev–Trinajstić information content (AvgIpc) is 2.27. The molecule has 1 nitrogen and oxygen atoms in total. The Bertz CT molecular complexity index is 384. The zero-order valence-corrected chi connectivity index (χ0v) is 9.27. The summed E-state index contributed by atoms with van der Waals surface area (Å²) in [6.07, 6.45) is -14.4. The van der Waals surface area contributed by atoms with Crippen LogP contribution in [-0.4, -0.2) is 18.5 Å². The first-order valence-corrected chi connectivity index (χ1v) is 5.03. The van der Waals surface area contributed by atoms with Crippen LogP contribution in [0.5, 0.6) is 5.75 Å². The van der Waals surface area contributed by atoms with Gasteiger partial charge < -0.3 is 4.74 Å². The Balaban J connectivity index is 2.81. The molecule has 0 radical (unpaired) electrons. The van der Waals surface area contributed by atoms with Crippen LogP contribution in [0.4, 0.5) is 26.3 Å². The fourth-order valence-electron chi connectivity index (χ4n) is 1.19. The molecule has 0 aromatic heterocycles. The van der Waals surface area contributed by atoms with Crippen LogP contribution in [-0.2, 0) is 6.42 Å². The Labute approximate surface area is 99.4 Å². The van der Waals surface area contributed by atoms with Gasteiger partial charge in [0.05, 0.1) is 0 Å². The minimum Gasteiger partial charge on any atom is -0.430 e. The summed E-state index contributed by atoms with van der Waals surface area (Å²) in [5.41, 5.74) is 0.790. The summed E-state index contributed by atoms with van der Waals surface area (Å²) in [4.78, 5) is 0. The SMILES string of the molecule is CCc1ccc(OC(F)(F)C(F)C(F)(F)F)cc1. The minimum absolute atomic E-state index is 0.524. The highest BCUT2D eigenvalue weighted by Gasteiger charge is 2.59. The van der Waals surface area contributed by atoms with E-state index in [1.807, 2.05) is 6.92 Å². The van der Waals surface area contributed by atoms with Crippen molar-refractivity contribution in [2.24, 2.45) is 0 Å². The molecule has 1 unspecified atom stereocenters. The lowest BCUT2D eigenvalue weighted by Gasteiger charge is -2.23. The summed E-state index contributed by atoms with van der Waals surface area (Å²) >= 11 is 0. The summed E-state index contributed by atoms with van der Waals surface area (Å²) < 4.78 is 77.5. The Morgan fingerprint density at radius 3 is 1.94 bits per heavy atom. The Morgan fingerprint density at radius 2 is 1.56 bits per heavy atom. The van der Waals surface area contributed by atoms with Crippen molar-refractivity contribution in [3.05, 3.63) is 29.8 Å². The van der Waals surface area contributed by atoms with Crippen molar-refractivity contribution in [3.8, 4) is 5.75 Å². The molecule has 0 saturated heterocycles. The number of alkyl halides is 6. The Kier molecular flexibility index (Phi) is 4.13. The van der Waals surface area contributed by atoms with Gasteiger partial charge in [-0.2, -0.15) is 22.0 Å². The molecule has 0 amide bonds. The maximum absolute atomic E-state index is 12.9. The summed E-state index contributed by atoms with van der Waals surface area (Å²) in [7, 11) is 0. The maximum atomic E-state index is 12.9. The normalized spacial score (nSPS) is 14.4. The number of benzene rings is 1. The molecule has 7 heteroatoms. The lowest BCUT2D eigenvalue weighted by atomic mass is 10.2. The third-order valence-corrected chi connectivity index (χ3v) is 2.17. The largest absolute Gasteiger partial charge is 0.439 e. The highest BCUT2D eigenvalue weighted by atomic mass is 19.4. The second-order valence-electron chi connectivity index (χ2n) is 3.57. The van der Waals surface area contributed by atoms with Gasteiger partial charge in [0.1, 0.15) is 5.75 Å². The molecule has 0 aliphatic heterocycles. The molecule has 1 atom stereocenters. The molecule has 1 rings (SSSR count). The zero-order valence-electron chi connectivity index (χ0n) is 9.27. The van der Waals surface area contributed by atoms with Crippen LogP contribution in [0.3, 0.4) is 0 Å². The number of rotatable bonds is 4. The van der Waals surface area contributed by atoms with Crippen LogP contribution < -0.4 is 4.74 Å². The van der Waals surface area contributed by atoms with E-state index < -0.39 is 24.2 Å². The van der Waals surface area contributed by atoms with Gasteiger partial charge >= 0.3 is 12.3 Å². The first-order chi connectivity index (χ1) is 8.16. The second kappa shape index (κ2) is 5.07. The van der Waals surface area contributed by atoms with E-state index in [9.17, 15) is 26.3 Å². The Morgan fingerprint density at radius 1 is 1.06 bits per heavy atom. The fourth-order valence-corrected chi connectivity index (χ4v) is 1.19. The van der Waals surface area contributed by atoms with E-state index >= 15 is 0 Å². The van der Waals surface area contributed by atoms with Gasteiger partial charge in [-0.1, -0.05) is 19.1 Å². The van der Waals surface area contributed by atoms with Crippen LogP contribution in [0.1, 0.15) is 12.5 Å². The second-order valence-corrected chi connectivity index (χ2v) is 3.57. The van der Waals surface area contributed by atoms with Crippen LogP contribution in [0.25, 0.3) is 0 Å². The maximum Gasteiger partial charge on any atom is 0.439 e. The molecule has 102 valence electrons. The number of ether oxygens (including phenoxy) is 1. The van der Waals surface area contributed by atoms with Crippen LogP contribution in [0.15, 0.2) is 24.3 Å². The highest BCUT2D eigenvalue weighted by molar-refractivity contribution is 5.27. The number of hydrogen-bond donors (Lipinski definition) is 0. The molecule has 1 aromatic rings. The van der Waals surface area contributed by atoms with E-state index in [1.54, 1.807) is 0 Å². The molecule has 0 aliphatic rings. The number of hydrogen-bond acceptors (Lipinski definition) is 1. The van der Waals surface area contributed by atoms with Crippen LogP contribution in [0, 0.1) is 0 Å². The molecule has 0 aliphatic carbocycles. The van der Waals surface area contributed by atoms with Gasteiger partial charge in [-0.15, -0.1) is 0 Å². The molecular formula is C11H10F6O. The summed E-state index contributed by atoms with van der Waals surface area (Å²) in [6.45, 7) is 1.81. The molecule has 0 spiro atoms. The average molecular weight is 272 g/mol. The monoisotopic (exact) mass is 272 g/mol. The topological polar surface area (TPSA) is 9.23 Å². The van der Waals surface area contributed by atoms with E-state index in [0.29, 0.717) is 6.42 Å². The van der Waals surface area contributed by atoms with Crippen LogP contribution >= 0.6 is 0 Å². The predicted molar refractivity (Wildman–Crippen MR) is 52.3 cm³/mol. The Hall–Kier alpha value is -1.40. The van der Waals surface area contributed by atoms with Crippen molar-refractivity contribution >= 4 is 0 Å². The van der Waals surface area contributed by atoms with Crippen molar-refractivity contribution in [1.82, 2.24) is 0 Å². The van der Waals surface area contributed by atoms with Crippen molar-refractivity contribution < 1.29 is 31.1 Å². The minimum atomic E-state index is -5.67. The van der Waals surface area contributed by atoms with E-state index in [0.717, 1.165) is 17.7 Å². The smallest absolute Gasteiger partial charge is 0.430 e. The third-order valence-electron chi connectivity index (χ3n) is 2.17. The number of halogens is 6. The summed E-state index contributed by atoms with van der Waals surface area (Å²) in [5, 5.41) is 0. The molecule has 1 aromatic carbocycles. The van der Waals surface area contributed by atoms with Gasteiger partial charge in [-0.25, -0.2) is 4.39 Å². The standard InChI is InChI=1S/C11H10F6O/c1-2-7-3-5-8(6-4-7)18-11(16,17)9(12)10(13,14)15/h3-6,9H,2H2,1H3.